The Morgan fingerprint density at radius 2 is 2.18 bits per heavy atom. The number of hydrogen-bond acceptors (Lipinski definition) is 2. The first kappa shape index (κ1) is 11.2. The number of aliphatic carboxylic acids is 1. The molecule has 66 valence electrons. The molecular formula is C5H7BrF2O2S. The van der Waals surface area contributed by atoms with Crippen LogP contribution in [-0.2, 0) is 4.79 Å². The van der Waals surface area contributed by atoms with Crippen LogP contribution in [0.15, 0.2) is 0 Å². The van der Waals surface area contributed by atoms with Crippen molar-refractivity contribution in [2.75, 3.05) is 5.33 Å². The summed E-state index contributed by atoms with van der Waals surface area (Å²) in [5.74, 6) is -4.32. The van der Waals surface area contributed by atoms with Crippen LogP contribution in [0.2, 0.25) is 0 Å². The van der Waals surface area contributed by atoms with Gasteiger partial charge in [0.15, 0.2) is 0 Å². The van der Waals surface area contributed by atoms with Crippen LogP contribution < -0.4 is 0 Å². The number of thiol groups is 1. The van der Waals surface area contributed by atoms with Gasteiger partial charge in [0.25, 0.3) is 5.92 Å². The van der Waals surface area contributed by atoms with E-state index in [0.29, 0.717) is 0 Å². The third kappa shape index (κ3) is 4.58. The molecule has 0 saturated carbocycles. The van der Waals surface area contributed by atoms with Crippen molar-refractivity contribution in [1.29, 1.82) is 0 Å². The molecule has 1 unspecified atom stereocenters. The van der Waals surface area contributed by atoms with Crippen molar-refractivity contribution in [2.24, 2.45) is 0 Å². The van der Waals surface area contributed by atoms with Crippen molar-refractivity contribution in [3.8, 4) is 0 Å². The number of halogens is 3. The van der Waals surface area contributed by atoms with Crippen molar-refractivity contribution in [3.05, 3.63) is 0 Å². The van der Waals surface area contributed by atoms with Gasteiger partial charge in [-0.05, 0) is 0 Å². The van der Waals surface area contributed by atoms with Crippen molar-refractivity contribution >= 4 is 34.5 Å². The average molecular weight is 249 g/mol. The van der Waals surface area contributed by atoms with Crippen LogP contribution in [0.3, 0.4) is 0 Å². The van der Waals surface area contributed by atoms with Gasteiger partial charge in [-0.25, -0.2) is 8.78 Å². The van der Waals surface area contributed by atoms with Gasteiger partial charge in [-0.3, -0.25) is 4.79 Å². The molecule has 0 aliphatic rings. The molecule has 0 radical (unpaired) electrons. The summed E-state index contributed by atoms with van der Waals surface area (Å²) in [5, 5.41) is 6.38. The first-order valence-electron chi connectivity index (χ1n) is 2.74. The standard InChI is InChI=1S/C5H7BrF2O2S/c6-2-5(7,8)1-3(11)4(9)10/h3,11H,1-2H2,(H,9,10). The van der Waals surface area contributed by atoms with Gasteiger partial charge < -0.3 is 5.11 Å². The highest BCUT2D eigenvalue weighted by Crippen LogP contribution is 2.24. The van der Waals surface area contributed by atoms with Gasteiger partial charge in [-0.2, -0.15) is 12.6 Å². The van der Waals surface area contributed by atoms with E-state index in [1.54, 1.807) is 0 Å². The van der Waals surface area contributed by atoms with E-state index in [-0.39, 0.29) is 0 Å². The summed E-state index contributed by atoms with van der Waals surface area (Å²) in [5.41, 5.74) is 0. The first-order valence-corrected chi connectivity index (χ1v) is 4.37. The Hall–Kier alpha value is 0.160. The van der Waals surface area contributed by atoms with Crippen LogP contribution in [0.5, 0.6) is 0 Å². The molecule has 0 heterocycles. The average Bonchev–Trinajstić information content (AvgIpc) is 1.87. The van der Waals surface area contributed by atoms with Gasteiger partial charge in [-0.1, -0.05) is 15.9 Å². The first-order chi connectivity index (χ1) is 4.89. The molecule has 0 aliphatic heterocycles. The van der Waals surface area contributed by atoms with Crippen LogP contribution >= 0.6 is 28.6 Å². The van der Waals surface area contributed by atoms with E-state index in [2.05, 4.69) is 28.6 Å². The molecular weight excluding hydrogens is 242 g/mol. The summed E-state index contributed by atoms with van der Waals surface area (Å²) >= 11 is 6.04. The minimum absolute atomic E-state index is 0.537. The molecule has 1 N–H and O–H groups in total. The summed E-state index contributed by atoms with van der Waals surface area (Å²) in [6.45, 7) is 0. The fraction of sp³-hybridized carbons (Fsp3) is 0.800. The highest BCUT2D eigenvalue weighted by atomic mass is 79.9. The van der Waals surface area contributed by atoms with E-state index >= 15 is 0 Å². The summed E-state index contributed by atoms with van der Waals surface area (Å²) < 4.78 is 24.8. The summed E-state index contributed by atoms with van der Waals surface area (Å²) in [6.07, 6.45) is -0.753. The molecule has 0 amide bonds. The molecule has 0 aromatic heterocycles. The van der Waals surface area contributed by atoms with Crippen LogP contribution in [-0.4, -0.2) is 27.6 Å². The number of alkyl halides is 3. The zero-order chi connectivity index (χ0) is 9.07. The predicted octanol–water partition coefficient (Wildman–Crippen LogP) is 1.79. The second-order valence-electron chi connectivity index (χ2n) is 2.05. The van der Waals surface area contributed by atoms with Crippen molar-refractivity contribution in [2.45, 2.75) is 17.6 Å². The van der Waals surface area contributed by atoms with Crippen LogP contribution in [0.4, 0.5) is 8.78 Å². The Morgan fingerprint density at radius 1 is 1.73 bits per heavy atom. The SMILES string of the molecule is O=C(O)C(S)CC(F)(F)CBr. The van der Waals surface area contributed by atoms with E-state index < -0.39 is 28.9 Å². The Balaban J connectivity index is 3.93. The van der Waals surface area contributed by atoms with Crippen LogP contribution in [0.25, 0.3) is 0 Å². The molecule has 0 aromatic rings. The molecule has 0 fully saturated rings. The lowest BCUT2D eigenvalue weighted by Crippen LogP contribution is -2.27. The monoisotopic (exact) mass is 248 g/mol. The van der Waals surface area contributed by atoms with Gasteiger partial charge >= 0.3 is 5.97 Å². The molecule has 0 saturated heterocycles. The molecule has 0 rings (SSSR count). The largest absolute Gasteiger partial charge is 0.480 e. The molecule has 0 bridgehead atoms. The Labute approximate surface area is 76.5 Å². The van der Waals surface area contributed by atoms with E-state index in [1.807, 2.05) is 0 Å². The number of carbonyl (C=O) groups is 1. The third-order valence-electron chi connectivity index (χ3n) is 0.973. The Kier molecular flexibility index (Phi) is 4.31. The number of rotatable bonds is 4. The summed E-state index contributed by atoms with van der Waals surface area (Å²) in [7, 11) is 0. The predicted molar refractivity (Wildman–Crippen MR) is 43.8 cm³/mol. The van der Waals surface area contributed by atoms with Gasteiger partial charge in [0.05, 0.1) is 5.33 Å². The minimum Gasteiger partial charge on any atom is -0.480 e. The highest BCUT2D eigenvalue weighted by Gasteiger charge is 2.32. The van der Waals surface area contributed by atoms with Crippen LogP contribution in [0, 0.1) is 0 Å². The maximum absolute atomic E-state index is 12.4. The molecule has 0 aliphatic carbocycles. The molecule has 0 spiro atoms. The second kappa shape index (κ2) is 4.25. The maximum Gasteiger partial charge on any atom is 0.316 e. The van der Waals surface area contributed by atoms with Crippen LogP contribution in [0.1, 0.15) is 6.42 Å². The second-order valence-corrected chi connectivity index (χ2v) is 3.23. The molecule has 0 aromatic carbocycles. The Bertz CT molecular complexity index is 153. The van der Waals surface area contributed by atoms with Gasteiger partial charge in [-0.15, -0.1) is 0 Å². The maximum atomic E-state index is 12.4. The topological polar surface area (TPSA) is 37.3 Å². The van der Waals surface area contributed by atoms with Crippen molar-refractivity contribution < 1.29 is 18.7 Å². The third-order valence-corrected chi connectivity index (χ3v) is 2.20. The van der Waals surface area contributed by atoms with Crippen molar-refractivity contribution in [3.63, 3.8) is 0 Å². The molecule has 11 heavy (non-hydrogen) atoms. The number of carboxylic acid groups (broad SMARTS) is 1. The minimum atomic E-state index is -3.00. The fourth-order valence-electron chi connectivity index (χ4n) is 0.425. The fourth-order valence-corrected chi connectivity index (χ4v) is 0.921. The van der Waals surface area contributed by atoms with Crippen molar-refractivity contribution in [1.82, 2.24) is 0 Å². The molecule has 6 heteroatoms. The molecule has 1 atom stereocenters. The lowest BCUT2D eigenvalue weighted by molar-refractivity contribution is -0.138. The zero-order valence-electron chi connectivity index (χ0n) is 5.43. The van der Waals surface area contributed by atoms with Gasteiger partial charge in [0.2, 0.25) is 0 Å². The number of carboxylic acids is 1. The quantitative estimate of drug-likeness (QED) is 0.588. The summed E-state index contributed by atoms with van der Waals surface area (Å²) in [4.78, 5) is 10.1. The van der Waals surface area contributed by atoms with Gasteiger partial charge in [0, 0.05) is 6.42 Å². The smallest absolute Gasteiger partial charge is 0.316 e. The zero-order valence-corrected chi connectivity index (χ0v) is 7.91. The lowest BCUT2D eigenvalue weighted by Gasteiger charge is -2.14. The molecule has 2 nitrogen and oxygen atoms in total. The van der Waals surface area contributed by atoms with E-state index in [4.69, 9.17) is 5.11 Å². The van der Waals surface area contributed by atoms with Gasteiger partial charge in [0.1, 0.15) is 5.25 Å². The normalized spacial score (nSPS) is 14.5. The Morgan fingerprint density at radius 3 is 2.45 bits per heavy atom. The number of hydrogen-bond donors (Lipinski definition) is 2. The summed E-state index contributed by atoms with van der Waals surface area (Å²) in [6, 6.07) is 0. The lowest BCUT2D eigenvalue weighted by atomic mass is 10.2. The van der Waals surface area contributed by atoms with E-state index in [0.717, 1.165) is 0 Å². The van der Waals surface area contributed by atoms with E-state index in [9.17, 15) is 13.6 Å². The van der Waals surface area contributed by atoms with E-state index in [1.165, 1.54) is 0 Å². The highest BCUT2D eigenvalue weighted by molar-refractivity contribution is 9.09.